The van der Waals surface area contributed by atoms with Crippen LogP contribution in [0, 0.1) is 0 Å². The Morgan fingerprint density at radius 3 is 0.938 bits per heavy atom. The predicted molar refractivity (Wildman–Crippen MR) is 176 cm³/mol. The fourth-order valence-corrected chi connectivity index (χ4v) is 5.87. The molecule has 0 fully saturated rings. The third-order valence-electron chi connectivity index (χ3n) is 8.39. The standard InChI is InChI=1S/C36H36N6O6/c1-43-31-13-25-10-29-17-35(47-23-41-8-5-38-20-41)33(45-3)15-27(29)12-30-18-36(48-24-42-9-6-39-21-42)32(44-2)14-26(30)11-28(25)16-34(31)46-22-40-7-4-37-19-40/h4-9,13-21H,10-12,22-24H2,1-3H3. The molecule has 12 heteroatoms. The molecule has 3 aromatic heterocycles. The summed E-state index contributed by atoms with van der Waals surface area (Å²) in [6.07, 6.45) is 17.8. The van der Waals surface area contributed by atoms with Crippen LogP contribution in [0.25, 0.3) is 0 Å². The summed E-state index contributed by atoms with van der Waals surface area (Å²) in [4.78, 5) is 12.4. The van der Waals surface area contributed by atoms with Gasteiger partial charge in [-0.3, -0.25) is 0 Å². The van der Waals surface area contributed by atoms with Gasteiger partial charge in [0.2, 0.25) is 0 Å². The zero-order valence-corrected chi connectivity index (χ0v) is 27.0. The molecule has 1 aliphatic carbocycles. The van der Waals surface area contributed by atoms with Crippen molar-refractivity contribution in [2.75, 3.05) is 21.3 Å². The molecule has 0 spiro atoms. The zero-order valence-electron chi connectivity index (χ0n) is 27.0. The van der Waals surface area contributed by atoms with Gasteiger partial charge in [0.15, 0.2) is 54.7 Å². The van der Waals surface area contributed by atoms with Crippen molar-refractivity contribution in [3.63, 3.8) is 0 Å². The summed E-state index contributed by atoms with van der Waals surface area (Å²) in [6.45, 7) is 0.909. The molecule has 0 saturated heterocycles. The Bertz CT molecular complexity index is 1750. The van der Waals surface area contributed by atoms with Crippen LogP contribution in [0.4, 0.5) is 0 Å². The van der Waals surface area contributed by atoms with Gasteiger partial charge in [0, 0.05) is 37.2 Å². The van der Waals surface area contributed by atoms with Crippen LogP contribution in [0.2, 0.25) is 0 Å². The van der Waals surface area contributed by atoms with E-state index in [0.29, 0.717) is 74.0 Å². The molecule has 3 heterocycles. The van der Waals surface area contributed by atoms with E-state index in [9.17, 15) is 0 Å². The number of imidazole rings is 3. The summed E-state index contributed by atoms with van der Waals surface area (Å²) in [6, 6.07) is 12.5. The van der Waals surface area contributed by atoms with Crippen LogP contribution < -0.4 is 28.4 Å². The van der Waals surface area contributed by atoms with E-state index < -0.39 is 0 Å². The summed E-state index contributed by atoms with van der Waals surface area (Å²) in [5.41, 5.74) is 6.66. The second-order valence-electron chi connectivity index (χ2n) is 11.4. The van der Waals surface area contributed by atoms with Crippen LogP contribution in [-0.4, -0.2) is 50.0 Å². The van der Waals surface area contributed by atoms with Gasteiger partial charge in [-0.2, -0.15) is 0 Å². The summed E-state index contributed by atoms with van der Waals surface area (Å²) in [5, 5.41) is 0. The van der Waals surface area contributed by atoms with Crippen molar-refractivity contribution < 1.29 is 28.4 Å². The molecular formula is C36H36N6O6. The largest absolute Gasteiger partial charge is 0.493 e. The molecule has 6 aromatic rings. The molecule has 0 unspecified atom stereocenters. The maximum Gasteiger partial charge on any atom is 0.166 e. The molecule has 0 bridgehead atoms. The van der Waals surface area contributed by atoms with E-state index in [2.05, 4.69) is 51.4 Å². The number of aromatic nitrogens is 6. The van der Waals surface area contributed by atoms with Crippen LogP contribution in [-0.2, 0) is 39.5 Å². The minimum Gasteiger partial charge on any atom is -0.493 e. The fourth-order valence-electron chi connectivity index (χ4n) is 5.87. The highest BCUT2D eigenvalue weighted by molar-refractivity contribution is 5.58. The minimum atomic E-state index is 0.303. The first-order valence-electron chi connectivity index (χ1n) is 15.4. The fraction of sp³-hybridized carbons (Fsp3) is 0.250. The first kappa shape index (κ1) is 30.7. The Labute approximate surface area is 278 Å². The molecular weight excluding hydrogens is 612 g/mol. The van der Waals surface area contributed by atoms with E-state index in [1.165, 1.54) is 0 Å². The number of rotatable bonds is 12. The second-order valence-corrected chi connectivity index (χ2v) is 11.4. The highest BCUT2D eigenvalue weighted by atomic mass is 16.5. The molecule has 0 aliphatic heterocycles. The van der Waals surface area contributed by atoms with Crippen LogP contribution in [0.3, 0.4) is 0 Å². The smallest absolute Gasteiger partial charge is 0.166 e. The average Bonchev–Trinajstić information content (AvgIpc) is 3.92. The Balaban J connectivity index is 1.32. The van der Waals surface area contributed by atoms with Crippen molar-refractivity contribution in [1.82, 2.24) is 28.7 Å². The van der Waals surface area contributed by atoms with Crippen LogP contribution in [0.5, 0.6) is 34.5 Å². The number of hydrogen-bond donors (Lipinski definition) is 0. The lowest BCUT2D eigenvalue weighted by Gasteiger charge is -2.18. The summed E-state index contributed by atoms with van der Waals surface area (Å²) in [5.74, 6) is 3.91. The van der Waals surface area contributed by atoms with Gasteiger partial charge in [0.1, 0.15) is 0 Å². The number of hydrogen-bond acceptors (Lipinski definition) is 9. The van der Waals surface area contributed by atoms with E-state index in [1.807, 2.05) is 32.3 Å². The molecule has 3 aromatic carbocycles. The third kappa shape index (κ3) is 6.63. The summed E-state index contributed by atoms with van der Waals surface area (Å²) >= 11 is 0. The van der Waals surface area contributed by atoms with Crippen LogP contribution in [0.15, 0.2) is 92.6 Å². The third-order valence-corrected chi connectivity index (χ3v) is 8.39. The number of benzene rings is 3. The molecule has 246 valence electrons. The van der Waals surface area contributed by atoms with Crippen molar-refractivity contribution >= 4 is 0 Å². The number of fused-ring (bicyclic) bond motifs is 3. The minimum absolute atomic E-state index is 0.303. The Morgan fingerprint density at radius 2 is 0.708 bits per heavy atom. The molecule has 0 amide bonds. The summed E-state index contributed by atoms with van der Waals surface area (Å²) in [7, 11) is 4.98. The Hall–Kier alpha value is -5.91. The predicted octanol–water partition coefficient (Wildman–Crippen LogP) is 5.50. The molecule has 48 heavy (non-hydrogen) atoms. The normalized spacial score (nSPS) is 12.1. The lowest BCUT2D eigenvalue weighted by molar-refractivity contribution is 0.224. The van der Waals surface area contributed by atoms with E-state index >= 15 is 0 Å². The molecule has 0 radical (unpaired) electrons. The van der Waals surface area contributed by atoms with E-state index in [4.69, 9.17) is 28.4 Å². The summed E-state index contributed by atoms with van der Waals surface area (Å²) < 4.78 is 41.9. The van der Waals surface area contributed by atoms with Gasteiger partial charge in [0.05, 0.1) is 40.3 Å². The van der Waals surface area contributed by atoms with Crippen LogP contribution in [0.1, 0.15) is 33.4 Å². The van der Waals surface area contributed by atoms with Crippen molar-refractivity contribution in [3.05, 3.63) is 126 Å². The molecule has 0 atom stereocenters. The first-order valence-corrected chi connectivity index (χ1v) is 15.4. The van der Waals surface area contributed by atoms with Gasteiger partial charge in [-0.1, -0.05) is 0 Å². The Morgan fingerprint density at radius 1 is 0.438 bits per heavy atom. The zero-order chi connectivity index (χ0) is 32.9. The lowest BCUT2D eigenvalue weighted by atomic mass is 9.94. The van der Waals surface area contributed by atoms with Gasteiger partial charge in [-0.25, -0.2) is 15.0 Å². The molecule has 1 aliphatic rings. The first-order chi connectivity index (χ1) is 23.6. The van der Waals surface area contributed by atoms with Crippen molar-refractivity contribution in [2.24, 2.45) is 0 Å². The highest BCUT2D eigenvalue weighted by Crippen LogP contribution is 2.41. The highest BCUT2D eigenvalue weighted by Gasteiger charge is 2.23. The van der Waals surface area contributed by atoms with Gasteiger partial charge in [-0.15, -0.1) is 0 Å². The average molecular weight is 649 g/mol. The maximum atomic E-state index is 6.25. The number of methoxy groups -OCH3 is 3. The molecule has 7 rings (SSSR count). The van der Waals surface area contributed by atoms with Crippen molar-refractivity contribution in [1.29, 1.82) is 0 Å². The number of ether oxygens (including phenoxy) is 6. The quantitative estimate of drug-likeness (QED) is 0.170. The lowest BCUT2D eigenvalue weighted by Crippen LogP contribution is -2.07. The second kappa shape index (κ2) is 13.8. The Kier molecular flexibility index (Phi) is 8.86. The molecule has 0 saturated carbocycles. The number of nitrogens with zero attached hydrogens (tertiary/aromatic N) is 6. The van der Waals surface area contributed by atoms with Crippen molar-refractivity contribution in [2.45, 2.75) is 39.5 Å². The van der Waals surface area contributed by atoms with Crippen LogP contribution >= 0.6 is 0 Å². The maximum absolute atomic E-state index is 6.25. The van der Waals surface area contributed by atoms with E-state index in [-0.39, 0.29) is 0 Å². The SMILES string of the molecule is COc1cc2c(cc1OCn1ccnc1)Cc1cc(OC)c(OCn3ccnc3)cc1Cc1cc(OC)c(OCn3ccnc3)cc1C2. The van der Waals surface area contributed by atoms with E-state index in [0.717, 1.165) is 33.4 Å². The van der Waals surface area contributed by atoms with Crippen molar-refractivity contribution in [3.8, 4) is 34.5 Å². The monoisotopic (exact) mass is 648 g/mol. The molecule has 12 nitrogen and oxygen atoms in total. The van der Waals surface area contributed by atoms with Gasteiger partial charge >= 0.3 is 0 Å². The van der Waals surface area contributed by atoms with Gasteiger partial charge in [-0.05, 0) is 89.0 Å². The topological polar surface area (TPSA) is 109 Å². The van der Waals surface area contributed by atoms with Gasteiger partial charge < -0.3 is 42.1 Å². The van der Waals surface area contributed by atoms with E-state index in [1.54, 1.807) is 58.9 Å². The van der Waals surface area contributed by atoms with Gasteiger partial charge in [0.25, 0.3) is 0 Å². The molecule has 0 N–H and O–H groups in total.